The second-order valence-electron chi connectivity index (χ2n) is 7.30. The average molecular weight is 404 g/mol. The molecule has 0 aliphatic carbocycles. The molecule has 2 N–H and O–H groups in total. The smallest absolute Gasteiger partial charge is 0.323 e. The van der Waals surface area contributed by atoms with Crippen LogP contribution in [0.3, 0.4) is 0 Å². The van der Waals surface area contributed by atoms with Crippen LogP contribution in [-0.2, 0) is 25.4 Å². The minimum absolute atomic E-state index is 0.0624. The van der Waals surface area contributed by atoms with E-state index < -0.39 is 11.2 Å². The Kier molecular flexibility index (Phi) is 4.83. The van der Waals surface area contributed by atoms with Crippen LogP contribution in [0.15, 0.2) is 64.4 Å². The lowest BCUT2D eigenvalue weighted by Crippen LogP contribution is -2.46. The van der Waals surface area contributed by atoms with Crippen LogP contribution in [0.1, 0.15) is 5.56 Å². The van der Waals surface area contributed by atoms with Crippen LogP contribution in [0.4, 0.5) is 5.69 Å². The maximum atomic E-state index is 12.5. The Morgan fingerprint density at radius 1 is 1.03 bits per heavy atom. The number of imidazole rings is 1. The maximum Gasteiger partial charge on any atom is 0.333 e. The monoisotopic (exact) mass is 404 g/mol. The molecular weight excluding hydrogens is 382 g/mol. The Balaban J connectivity index is 1.54. The highest BCUT2D eigenvalue weighted by Gasteiger charge is 2.21. The Hall–Kier alpha value is -3.94. The van der Waals surface area contributed by atoms with Crippen LogP contribution >= 0.6 is 0 Å². The van der Waals surface area contributed by atoms with Gasteiger partial charge >= 0.3 is 11.2 Å². The van der Waals surface area contributed by atoms with Gasteiger partial charge in [-0.05, 0) is 30.2 Å². The molecule has 2 aromatic carbocycles. The van der Waals surface area contributed by atoms with Gasteiger partial charge in [0, 0.05) is 19.8 Å². The highest BCUT2D eigenvalue weighted by Crippen LogP contribution is 2.22. The van der Waals surface area contributed by atoms with E-state index in [1.165, 1.54) is 28.1 Å². The van der Waals surface area contributed by atoms with Crippen LogP contribution in [0, 0.1) is 6.92 Å². The lowest BCUT2D eigenvalue weighted by atomic mass is 10.0. The molecule has 0 fully saturated rings. The molecule has 0 aliphatic rings. The molecule has 0 spiro atoms. The van der Waals surface area contributed by atoms with Gasteiger partial charge in [0.1, 0.15) is 0 Å². The quantitative estimate of drug-likeness (QED) is 0.505. The van der Waals surface area contributed by atoms with Crippen molar-refractivity contribution in [3.05, 3.63) is 81.3 Å². The number of benzene rings is 2. The summed E-state index contributed by atoms with van der Waals surface area (Å²) in [6.07, 6.45) is 1.52. The Labute approximate surface area is 172 Å². The molecule has 4 rings (SSSR count). The van der Waals surface area contributed by atoms with Gasteiger partial charge < -0.3 is 5.32 Å². The van der Waals surface area contributed by atoms with Crippen molar-refractivity contribution in [3.8, 4) is 11.1 Å². The first kappa shape index (κ1) is 19.4. The largest absolute Gasteiger partial charge is 0.333 e. The molecule has 0 unspecified atom stereocenters. The second-order valence-corrected chi connectivity index (χ2v) is 7.30. The molecule has 0 aliphatic heterocycles. The van der Waals surface area contributed by atoms with Crippen molar-refractivity contribution in [2.45, 2.75) is 13.5 Å². The third kappa shape index (κ3) is 3.43. The van der Waals surface area contributed by atoms with E-state index in [-0.39, 0.29) is 18.0 Å². The number of hydrogen-bond acceptors (Lipinski definition) is 3. The number of carbonyl (C=O) groups excluding carboxylic acids is 1. The number of fused-ring (bicyclic) bond motifs is 1. The SMILES string of the molecule is Cc1cccc(-c2ccc(NC(=O)C[n+]3c[nH]c4c3c(=O)n(C)c(=O)n4C)cc2)c1. The molecule has 0 atom stereocenters. The summed E-state index contributed by atoms with van der Waals surface area (Å²) in [6, 6.07) is 15.8. The summed E-state index contributed by atoms with van der Waals surface area (Å²) in [5, 5.41) is 2.84. The van der Waals surface area contributed by atoms with Crippen LogP contribution < -0.4 is 21.1 Å². The molecule has 1 amide bonds. The summed E-state index contributed by atoms with van der Waals surface area (Å²) < 4.78 is 3.87. The average Bonchev–Trinajstić information content (AvgIpc) is 3.14. The van der Waals surface area contributed by atoms with E-state index in [4.69, 9.17) is 0 Å². The number of hydrogen-bond donors (Lipinski definition) is 2. The van der Waals surface area contributed by atoms with Crippen molar-refractivity contribution in [1.29, 1.82) is 0 Å². The zero-order valence-electron chi connectivity index (χ0n) is 17.0. The molecule has 4 aromatic rings. The second kappa shape index (κ2) is 7.47. The first-order valence-electron chi connectivity index (χ1n) is 9.48. The highest BCUT2D eigenvalue weighted by molar-refractivity contribution is 5.90. The third-order valence-corrected chi connectivity index (χ3v) is 5.12. The lowest BCUT2D eigenvalue weighted by molar-refractivity contribution is -0.658. The van der Waals surface area contributed by atoms with Gasteiger partial charge in [0.25, 0.3) is 17.1 Å². The summed E-state index contributed by atoms with van der Waals surface area (Å²) in [5.41, 5.74) is 3.78. The Morgan fingerprint density at radius 3 is 2.47 bits per heavy atom. The molecule has 152 valence electrons. The van der Waals surface area contributed by atoms with E-state index in [0.717, 1.165) is 15.7 Å². The van der Waals surface area contributed by atoms with Crippen molar-refractivity contribution in [2.24, 2.45) is 14.1 Å². The molecule has 0 bridgehead atoms. The molecule has 8 heteroatoms. The number of rotatable bonds is 4. The number of amides is 1. The van der Waals surface area contributed by atoms with Crippen molar-refractivity contribution < 1.29 is 9.36 Å². The lowest BCUT2D eigenvalue weighted by Gasteiger charge is -2.07. The summed E-state index contributed by atoms with van der Waals surface area (Å²) in [6.45, 7) is 1.98. The van der Waals surface area contributed by atoms with Crippen molar-refractivity contribution in [2.75, 3.05) is 5.32 Å². The van der Waals surface area contributed by atoms with Crippen LogP contribution in [0.5, 0.6) is 0 Å². The molecule has 2 heterocycles. The summed E-state index contributed by atoms with van der Waals surface area (Å²) in [5.74, 6) is -0.278. The van der Waals surface area contributed by atoms with Crippen LogP contribution in [-0.4, -0.2) is 20.0 Å². The molecule has 8 nitrogen and oxygen atoms in total. The maximum absolute atomic E-state index is 12.5. The first-order valence-corrected chi connectivity index (χ1v) is 9.48. The first-order chi connectivity index (χ1) is 14.3. The topological polar surface area (TPSA) is 92.8 Å². The number of nitrogens with zero attached hydrogens (tertiary/aromatic N) is 3. The fourth-order valence-corrected chi connectivity index (χ4v) is 3.50. The Bertz CT molecular complexity index is 1380. The summed E-state index contributed by atoms with van der Waals surface area (Å²) >= 11 is 0. The van der Waals surface area contributed by atoms with E-state index in [9.17, 15) is 14.4 Å². The van der Waals surface area contributed by atoms with Gasteiger partial charge in [0.05, 0.1) is 0 Å². The molecule has 2 aromatic heterocycles. The predicted octanol–water partition coefficient (Wildman–Crippen LogP) is 1.47. The van der Waals surface area contributed by atoms with Crippen molar-refractivity contribution >= 4 is 22.8 Å². The van der Waals surface area contributed by atoms with Gasteiger partial charge in [0.2, 0.25) is 6.33 Å². The van der Waals surface area contributed by atoms with E-state index in [1.807, 2.05) is 49.4 Å². The van der Waals surface area contributed by atoms with E-state index in [1.54, 1.807) is 7.05 Å². The van der Waals surface area contributed by atoms with E-state index in [0.29, 0.717) is 11.3 Å². The predicted molar refractivity (Wildman–Crippen MR) is 114 cm³/mol. The zero-order chi connectivity index (χ0) is 21.4. The number of anilines is 1. The molecule has 0 saturated carbocycles. The number of aryl methyl sites for hydroxylation is 2. The molecule has 0 radical (unpaired) electrons. The standard InChI is InChI=1S/C22H21N5O3/c1-14-5-4-6-16(11-14)15-7-9-17(10-8-15)24-18(28)12-27-13-23-20-19(27)21(29)26(3)22(30)25(20)2/h4-11,13H,12H2,1-3H3,(H,24,28)/p+1. The van der Waals surface area contributed by atoms with Crippen molar-refractivity contribution in [3.63, 3.8) is 0 Å². The van der Waals surface area contributed by atoms with Crippen LogP contribution in [0.2, 0.25) is 0 Å². The van der Waals surface area contributed by atoms with E-state index in [2.05, 4.69) is 16.4 Å². The Morgan fingerprint density at radius 2 is 1.77 bits per heavy atom. The number of aromatic amines is 1. The van der Waals surface area contributed by atoms with Gasteiger partial charge in [0.15, 0.2) is 6.54 Å². The molecule has 30 heavy (non-hydrogen) atoms. The minimum Gasteiger partial charge on any atom is -0.323 e. The van der Waals surface area contributed by atoms with Crippen molar-refractivity contribution in [1.82, 2.24) is 14.1 Å². The molecule has 0 saturated heterocycles. The fraction of sp³-hybridized carbons (Fsp3) is 0.182. The van der Waals surface area contributed by atoms with Gasteiger partial charge in [-0.15, -0.1) is 0 Å². The van der Waals surface area contributed by atoms with Gasteiger partial charge in [-0.3, -0.25) is 18.7 Å². The van der Waals surface area contributed by atoms with Gasteiger partial charge in [-0.1, -0.05) is 42.0 Å². The molecular formula is C22H22N5O3+. The minimum atomic E-state index is -0.454. The summed E-state index contributed by atoms with van der Waals surface area (Å²) in [7, 11) is 2.98. The van der Waals surface area contributed by atoms with Gasteiger partial charge in [-0.25, -0.2) is 14.3 Å². The fourth-order valence-electron chi connectivity index (χ4n) is 3.50. The third-order valence-electron chi connectivity index (χ3n) is 5.12. The van der Waals surface area contributed by atoms with E-state index >= 15 is 0 Å². The number of nitrogens with one attached hydrogen (secondary N) is 2. The van der Waals surface area contributed by atoms with Gasteiger partial charge in [-0.2, -0.15) is 0 Å². The number of carbonyl (C=O) groups is 1. The van der Waals surface area contributed by atoms with Crippen LogP contribution in [0.25, 0.3) is 22.3 Å². The normalized spacial score (nSPS) is 11.0. The zero-order valence-corrected chi connectivity index (χ0v) is 17.0. The number of H-pyrrole nitrogens is 1. The highest BCUT2D eigenvalue weighted by atomic mass is 16.2. The summed E-state index contributed by atoms with van der Waals surface area (Å²) in [4.78, 5) is 40.0. The number of aromatic nitrogens is 4.